The number of aromatic nitrogens is 2. The van der Waals surface area contributed by atoms with Gasteiger partial charge in [-0.1, -0.05) is 19.8 Å². The predicted octanol–water partition coefficient (Wildman–Crippen LogP) is 1.87. The van der Waals surface area contributed by atoms with Crippen LogP contribution in [0.5, 0.6) is 0 Å². The number of carbonyl (C=O) groups is 1. The quantitative estimate of drug-likeness (QED) is 0.807. The maximum atomic E-state index is 11.5. The van der Waals surface area contributed by atoms with Gasteiger partial charge in [0, 0.05) is 12.4 Å². The molecule has 15 heavy (non-hydrogen) atoms. The van der Waals surface area contributed by atoms with Gasteiger partial charge in [0.25, 0.3) is 0 Å². The minimum Gasteiger partial charge on any atom is -0.479 e. The van der Waals surface area contributed by atoms with Crippen molar-refractivity contribution in [1.29, 1.82) is 0 Å². The molecule has 1 saturated carbocycles. The summed E-state index contributed by atoms with van der Waals surface area (Å²) in [6.45, 7) is 2.11. The lowest BCUT2D eigenvalue weighted by Crippen LogP contribution is -2.45. The Balaban J connectivity index is 2.36. The van der Waals surface area contributed by atoms with Crippen LogP contribution >= 0.6 is 0 Å². The van der Waals surface area contributed by atoms with Crippen molar-refractivity contribution in [1.82, 2.24) is 9.78 Å². The molecule has 0 amide bonds. The van der Waals surface area contributed by atoms with E-state index in [-0.39, 0.29) is 0 Å². The van der Waals surface area contributed by atoms with Crippen molar-refractivity contribution in [3.05, 3.63) is 18.5 Å². The number of hydrogen-bond acceptors (Lipinski definition) is 2. The van der Waals surface area contributed by atoms with Gasteiger partial charge in [0.15, 0.2) is 5.54 Å². The summed E-state index contributed by atoms with van der Waals surface area (Å²) in [7, 11) is 0. The molecule has 2 atom stereocenters. The number of carboxylic acid groups (broad SMARTS) is 1. The number of nitrogens with zero attached hydrogens (tertiary/aromatic N) is 2. The minimum atomic E-state index is -0.804. The van der Waals surface area contributed by atoms with E-state index in [1.807, 2.05) is 0 Å². The Morgan fingerprint density at radius 1 is 1.67 bits per heavy atom. The first kappa shape index (κ1) is 10.2. The summed E-state index contributed by atoms with van der Waals surface area (Å²) < 4.78 is 1.62. The molecule has 1 aromatic heterocycles. The number of rotatable bonds is 2. The van der Waals surface area contributed by atoms with E-state index in [2.05, 4.69) is 12.0 Å². The van der Waals surface area contributed by atoms with Crippen molar-refractivity contribution in [3.63, 3.8) is 0 Å². The highest BCUT2D eigenvalue weighted by Crippen LogP contribution is 2.37. The van der Waals surface area contributed by atoms with Crippen molar-refractivity contribution in [2.75, 3.05) is 0 Å². The number of aliphatic carboxylic acids is 1. The zero-order chi connectivity index (χ0) is 10.9. The second-order valence-corrected chi connectivity index (χ2v) is 4.49. The van der Waals surface area contributed by atoms with Gasteiger partial charge in [-0.25, -0.2) is 4.79 Å². The van der Waals surface area contributed by atoms with E-state index >= 15 is 0 Å². The van der Waals surface area contributed by atoms with E-state index in [4.69, 9.17) is 0 Å². The third-order valence-electron chi connectivity index (χ3n) is 3.31. The molecule has 0 bridgehead atoms. The Morgan fingerprint density at radius 2 is 2.47 bits per heavy atom. The standard InChI is InChI=1S/C11H16N2O2/c1-9-4-2-5-11(8-9,10(14)15)13-7-3-6-12-13/h3,6-7,9H,2,4-5,8H2,1H3,(H,14,15). The molecule has 1 aliphatic rings. The van der Waals surface area contributed by atoms with Crippen LogP contribution in [0.1, 0.15) is 32.6 Å². The molecule has 82 valence electrons. The van der Waals surface area contributed by atoms with E-state index in [1.165, 1.54) is 0 Å². The van der Waals surface area contributed by atoms with Crippen LogP contribution in [-0.4, -0.2) is 20.9 Å². The Morgan fingerprint density at radius 3 is 3.00 bits per heavy atom. The fourth-order valence-corrected chi connectivity index (χ4v) is 2.55. The second kappa shape index (κ2) is 3.68. The van der Waals surface area contributed by atoms with Crippen LogP contribution in [-0.2, 0) is 10.3 Å². The molecule has 4 nitrogen and oxygen atoms in total. The molecule has 1 heterocycles. The highest BCUT2D eigenvalue weighted by molar-refractivity contribution is 5.76. The monoisotopic (exact) mass is 208 g/mol. The molecule has 1 N–H and O–H groups in total. The lowest BCUT2D eigenvalue weighted by molar-refractivity contribution is -0.151. The highest BCUT2D eigenvalue weighted by Gasteiger charge is 2.44. The molecule has 1 aliphatic carbocycles. The molecule has 0 radical (unpaired) electrons. The lowest BCUT2D eigenvalue weighted by Gasteiger charge is -2.36. The zero-order valence-electron chi connectivity index (χ0n) is 8.89. The summed E-state index contributed by atoms with van der Waals surface area (Å²) in [5.41, 5.74) is -0.804. The Hall–Kier alpha value is -1.32. The van der Waals surface area contributed by atoms with E-state index in [1.54, 1.807) is 23.1 Å². The van der Waals surface area contributed by atoms with Crippen LogP contribution in [0, 0.1) is 5.92 Å². The summed E-state index contributed by atoms with van der Waals surface area (Å²) in [4.78, 5) is 11.5. The Labute approximate surface area is 88.9 Å². The van der Waals surface area contributed by atoms with Gasteiger partial charge in [0.05, 0.1) is 0 Å². The average molecular weight is 208 g/mol. The first-order valence-electron chi connectivity index (χ1n) is 5.39. The first-order chi connectivity index (χ1) is 7.15. The Kier molecular flexibility index (Phi) is 2.50. The smallest absolute Gasteiger partial charge is 0.331 e. The van der Waals surface area contributed by atoms with Crippen LogP contribution in [0.4, 0.5) is 0 Å². The minimum absolute atomic E-state index is 0.457. The SMILES string of the molecule is CC1CCCC(C(=O)O)(n2cccn2)C1. The van der Waals surface area contributed by atoms with Gasteiger partial charge in [-0.05, 0) is 24.8 Å². The third kappa shape index (κ3) is 1.64. The average Bonchev–Trinajstić information content (AvgIpc) is 2.70. The summed E-state index contributed by atoms with van der Waals surface area (Å²) in [6, 6.07) is 1.78. The predicted molar refractivity (Wildman–Crippen MR) is 55.5 cm³/mol. The van der Waals surface area contributed by atoms with E-state index in [0.29, 0.717) is 18.8 Å². The molecule has 2 unspecified atom stereocenters. The normalized spacial score (nSPS) is 31.4. The number of carboxylic acids is 1. The van der Waals surface area contributed by atoms with E-state index in [9.17, 15) is 9.90 Å². The zero-order valence-corrected chi connectivity index (χ0v) is 8.89. The molecular formula is C11H16N2O2. The molecule has 1 fully saturated rings. The van der Waals surface area contributed by atoms with Gasteiger partial charge in [0.1, 0.15) is 0 Å². The molecule has 0 spiro atoms. The summed E-state index contributed by atoms with van der Waals surface area (Å²) in [6.07, 6.45) is 6.86. The van der Waals surface area contributed by atoms with Crippen LogP contribution in [0.15, 0.2) is 18.5 Å². The van der Waals surface area contributed by atoms with Crippen molar-refractivity contribution in [3.8, 4) is 0 Å². The highest BCUT2D eigenvalue weighted by atomic mass is 16.4. The van der Waals surface area contributed by atoms with Crippen LogP contribution in [0.3, 0.4) is 0 Å². The van der Waals surface area contributed by atoms with E-state index < -0.39 is 11.5 Å². The van der Waals surface area contributed by atoms with Crippen molar-refractivity contribution < 1.29 is 9.90 Å². The maximum absolute atomic E-state index is 11.5. The van der Waals surface area contributed by atoms with Crippen molar-refractivity contribution in [2.24, 2.45) is 5.92 Å². The maximum Gasteiger partial charge on any atom is 0.331 e. The fraction of sp³-hybridized carbons (Fsp3) is 0.636. The molecule has 2 rings (SSSR count). The van der Waals surface area contributed by atoms with Crippen LogP contribution < -0.4 is 0 Å². The van der Waals surface area contributed by atoms with Gasteiger partial charge in [-0.3, -0.25) is 4.68 Å². The fourth-order valence-electron chi connectivity index (χ4n) is 2.55. The van der Waals surface area contributed by atoms with Gasteiger partial charge >= 0.3 is 5.97 Å². The molecule has 0 aliphatic heterocycles. The van der Waals surface area contributed by atoms with Gasteiger partial charge < -0.3 is 5.11 Å². The molecule has 1 aromatic rings. The van der Waals surface area contributed by atoms with Crippen molar-refractivity contribution in [2.45, 2.75) is 38.1 Å². The lowest BCUT2D eigenvalue weighted by atomic mass is 9.76. The molecular weight excluding hydrogens is 192 g/mol. The van der Waals surface area contributed by atoms with Gasteiger partial charge in [0.2, 0.25) is 0 Å². The van der Waals surface area contributed by atoms with Gasteiger partial charge in [-0.2, -0.15) is 5.10 Å². The van der Waals surface area contributed by atoms with E-state index in [0.717, 1.165) is 12.8 Å². The van der Waals surface area contributed by atoms with Crippen LogP contribution in [0.2, 0.25) is 0 Å². The summed E-state index contributed by atoms with van der Waals surface area (Å²) in [5, 5.41) is 13.5. The topological polar surface area (TPSA) is 55.1 Å². The van der Waals surface area contributed by atoms with Crippen LogP contribution in [0.25, 0.3) is 0 Å². The van der Waals surface area contributed by atoms with Crippen molar-refractivity contribution >= 4 is 5.97 Å². The Bertz CT molecular complexity index is 347. The first-order valence-corrected chi connectivity index (χ1v) is 5.39. The molecule has 0 saturated heterocycles. The second-order valence-electron chi connectivity index (χ2n) is 4.49. The van der Waals surface area contributed by atoms with Gasteiger partial charge in [-0.15, -0.1) is 0 Å². The molecule has 0 aromatic carbocycles. The molecule has 4 heteroatoms. The summed E-state index contributed by atoms with van der Waals surface area (Å²) in [5.74, 6) is -0.295. The third-order valence-corrected chi connectivity index (χ3v) is 3.31. The largest absolute Gasteiger partial charge is 0.479 e. The number of hydrogen-bond donors (Lipinski definition) is 1. The summed E-state index contributed by atoms with van der Waals surface area (Å²) >= 11 is 0.